The third kappa shape index (κ3) is 4.57. The number of aliphatic hydroxyl groups excluding tert-OH is 1. The van der Waals surface area contributed by atoms with Crippen molar-refractivity contribution in [3.63, 3.8) is 0 Å². The molecular formula is C25H33N3O3. The van der Waals surface area contributed by atoms with Crippen molar-refractivity contribution in [3.05, 3.63) is 35.4 Å². The van der Waals surface area contributed by atoms with Gasteiger partial charge in [-0.3, -0.25) is 4.79 Å². The molecule has 3 aliphatic rings. The number of nitrogens with one attached hydrogen (secondary N) is 1. The average molecular weight is 424 g/mol. The number of carbonyl (C=O) groups is 2. The van der Waals surface area contributed by atoms with Gasteiger partial charge in [-0.25, -0.2) is 4.79 Å². The third-order valence-corrected chi connectivity index (χ3v) is 6.77. The van der Waals surface area contributed by atoms with E-state index < -0.39 is 0 Å². The van der Waals surface area contributed by atoms with Gasteiger partial charge in [-0.2, -0.15) is 0 Å². The fourth-order valence-electron chi connectivity index (χ4n) is 5.18. The summed E-state index contributed by atoms with van der Waals surface area (Å²) in [5.74, 6) is 6.60. The van der Waals surface area contributed by atoms with E-state index in [1.807, 2.05) is 24.3 Å². The summed E-state index contributed by atoms with van der Waals surface area (Å²) >= 11 is 0. The molecule has 2 aliphatic heterocycles. The summed E-state index contributed by atoms with van der Waals surface area (Å²) in [7, 11) is 0. The highest BCUT2D eigenvalue weighted by Gasteiger charge is 2.54. The van der Waals surface area contributed by atoms with Crippen molar-refractivity contribution in [2.75, 3.05) is 19.7 Å². The summed E-state index contributed by atoms with van der Waals surface area (Å²) in [6.07, 6.45) is 5.57. The van der Waals surface area contributed by atoms with Gasteiger partial charge in [0.2, 0.25) is 5.91 Å². The van der Waals surface area contributed by atoms with Gasteiger partial charge in [0, 0.05) is 30.0 Å². The maximum atomic E-state index is 12.8. The van der Waals surface area contributed by atoms with Crippen LogP contribution in [0.15, 0.2) is 24.3 Å². The number of hydrogen-bond acceptors (Lipinski definition) is 3. The van der Waals surface area contributed by atoms with Gasteiger partial charge >= 0.3 is 6.03 Å². The van der Waals surface area contributed by atoms with Gasteiger partial charge in [0.15, 0.2) is 0 Å². The molecule has 1 aromatic carbocycles. The van der Waals surface area contributed by atoms with Gasteiger partial charge < -0.3 is 20.2 Å². The van der Waals surface area contributed by atoms with E-state index in [0.717, 1.165) is 36.8 Å². The highest BCUT2D eigenvalue weighted by Crippen LogP contribution is 2.42. The van der Waals surface area contributed by atoms with Crippen molar-refractivity contribution in [2.24, 2.45) is 5.92 Å². The number of benzene rings is 1. The number of carbonyl (C=O) groups excluding carboxylic acids is 2. The number of nitrogens with zero attached hydrogens (tertiary/aromatic N) is 2. The minimum Gasteiger partial charge on any atom is -0.394 e. The molecular weight excluding hydrogens is 390 g/mol. The van der Waals surface area contributed by atoms with Crippen LogP contribution in [0.2, 0.25) is 0 Å². The van der Waals surface area contributed by atoms with E-state index in [2.05, 4.69) is 31.0 Å². The largest absolute Gasteiger partial charge is 0.394 e. The Morgan fingerprint density at radius 2 is 1.90 bits per heavy atom. The summed E-state index contributed by atoms with van der Waals surface area (Å²) in [4.78, 5) is 29.1. The van der Waals surface area contributed by atoms with Crippen LogP contribution in [-0.2, 0) is 4.79 Å². The van der Waals surface area contributed by atoms with Gasteiger partial charge in [-0.05, 0) is 30.5 Å². The van der Waals surface area contributed by atoms with E-state index in [1.54, 1.807) is 9.80 Å². The molecule has 0 aromatic heterocycles. The SMILES string of the molecule is CC(C)C#Cc1ccc([C@H]2[C@@H](CO)N3C(=O)CN(C(=O)NC4CCCCC4)C[C@H]23)cc1. The molecule has 2 N–H and O–H groups in total. The minimum atomic E-state index is -0.228. The van der Waals surface area contributed by atoms with Crippen LogP contribution in [0.4, 0.5) is 4.79 Å². The monoisotopic (exact) mass is 423 g/mol. The molecule has 1 saturated carbocycles. The Morgan fingerprint density at radius 3 is 2.55 bits per heavy atom. The molecule has 3 atom stereocenters. The van der Waals surface area contributed by atoms with Crippen molar-refractivity contribution >= 4 is 11.9 Å². The molecule has 31 heavy (non-hydrogen) atoms. The Hall–Kier alpha value is -2.52. The molecule has 4 rings (SSSR count). The lowest BCUT2D eigenvalue weighted by Gasteiger charge is -2.58. The van der Waals surface area contributed by atoms with E-state index in [4.69, 9.17) is 0 Å². The van der Waals surface area contributed by atoms with Gasteiger partial charge in [0.25, 0.3) is 0 Å². The van der Waals surface area contributed by atoms with Crippen molar-refractivity contribution in [1.82, 2.24) is 15.1 Å². The lowest BCUT2D eigenvalue weighted by atomic mass is 9.73. The second-order valence-electron chi connectivity index (χ2n) is 9.36. The number of amides is 3. The quantitative estimate of drug-likeness (QED) is 0.735. The molecule has 1 aromatic rings. The standard InChI is InChI=1S/C25H33N3O3/c1-17(2)8-9-18-10-12-19(13-11-18)24-21-14-27(15-23(30)28(21)22(24)16-29)25(31)26-20-6-4-3-5-7-20/h10-13,17,20-22,24,29H,3-7,14-16H2,1-2H3,(H,26,31)/t21-,22-,24-/m1/s1. The third-order valence-electron chi connectivity index (χ3n) is 6.77. The van der Waals surface area contributed by atoms with Crippen LogP contribution in [0, 0.1) is 17.8 Å². The minimum absolute atomic E-state index is 0.0198. The maximum Gasteiger partial charge on any atom is 0.318 e. The van der Waals surface area contributed by atoms with Gasteiger partial charge in [0.1, 0.15) is 6.54 Å². The molecule has 0 bridgehead atoms. The van der Waals surface area contributed by atoms with E-state index in [9.17, 15) is 14.7 Å². The highest BCUT2D eigenvalue weighted by molar-refractivity contribution is 5.87. The van der Waals surface area contributed by atoms with Crippen LogP contribution in [-0.4, -0.2) is 64.7 Å². The van der Waals surface area contributed by atoms with E-state index >= 15 is 0 Å². The summed E-state index contributed by atoms with van der Waals surface area (Å²) < 4.78 is 0. The van der Waals surface area contributed by atoms with E-state index in [0.29, 0.717) is 12.5 Å². The molecule has 3 fully saturated rings. The van der Waals surface area contributed by atoms with Gasteiger partial charge in [-0.1, -0.05) is 57.1 Å². The lowest BCUT2D eigenvalue weighted by Crippen LogP contribution is -2.74. The Morgan fingerprint density at radius 1 is 1.19 bits per heavy atom. The normalized spacial score (nSPS) is 26.1. The summed E-state index contributed by atoms with van der Waals surface area (Å²) in [5, 5.41) is 13.1. The topological polar surface area (TPSA) is 72.9 Å². The lowest BCUT2D eigenvalue weighted by molar-refractivity contribution is -0.159. The van der Waals surface area contributed by atoms with Crippen molar-refractivity contribution < 1.29 is 14.7 Å². The number of fused-ring (bicyclic) bond motifs is 1. The first kappa shape index (κ1) is 21.7. The van der Waals surface area contributed by atoms with E-state index in [1.165, 1.54) is 6.42 Å². The fraction of sp³-hybridized carbons (Fsp3) is 0.600. The Labute approximate surface area is 185 Å². The zero-order chi connectivity index (χ0) is 22.0. The summed E-state index contributed by atoms with van der Waals surface area (Å²) in [6, 6.07) is 7.85. The molecule has 0 spiro atoms. The Bertz CT molecular complexity index is 864. The number of hydrogen-bond donors (Lipinski definition) is 2. The molecule has 2 saturated heterocycles. The first-order chi connectivity index (χ1) is 15.0. The molecule has 2 heterocycles. The van der Waals surface area contributed by atoms with Gasteiger partial charge in [-0.15, -0.1) is 0 Å². The maximum absolute atomic E-state index is 12.8. The highest BCUT2D eigenvalue weighted by atomic mass is 16.3. The molecule has 6 heteroatoms. The summed E-state index contributed by atoms with van der Waals surface area (Å²) in [5.41, 5.74) is 2.04. The van der Waals surface area contributed by atoms with E-state index in [-0.39, 0.29) is 49.1 Å². The molecule has 166 valence electrons. The zero-order valence-electron chi connectivity index (χ0n) is 18.5. The van der Waals surface area contributed by atoms with Crippen LogP contribution in [0.5, 0.6) is 0 Å². The number of piperazine rings is 1. The van der Waals surface area contributed by atoms with Crippen LogP contribution >= 0.6 is 0 Å². The molecule has 6 nitrogen and oxygen atoms in total. The molecule has 0 unspecified atom stereocenters. The number of rotatable bonds is 3. The van der Waals surface area contributed by atoms with Crippen LogP contribution < -0.4 is 5.32 Å². The first-order valence-corrected chi connectivity index (χ1v) is 11.6. The first-order valence-electron chi connectivity index (χ1n) is 11.6. The number of aliphatic hydroxyl groups is 1. The van der Waals surface area contributed by atoms with Crippen molar-refractivity contribution in [3.8, 4) is 11.8 Å². The van der Waals surface area contributed by atoms with Crippen LogP contribution in [0.3, 0.4) is 0 Å². The number of urea groups is 1. The predicted molar refractivity (Wildman–Crippen MR) is 119 cm³/mol. The second kappa shape index (κ2) is 9.32. The van der Waals surface area contributed by atoms with Gasteiger partial charge in [0.05, 0.1) is 18.7 Å². The molecule has 1 aliphatic carbocycles. The smallest absolute Gasteiger partial charge is 0.318 e. The van der Waals surface area contributed by atoms with Crippen LogP contribution in [0.1, 0.15) is 63.0 Å². The van der Waals surface area contributed by atoms with Crippen molar-refractivity contribution in [1.29, 1.82) is 0 Å². The fourth-order valence-corrected chi connectivity index (χ4v) is 5.18. The Balaban J connectivity index is 1.46. The Kier molecular flexibility index (Phi) is 6.52. The van der Waals surface area contributed by atoms with Crippen molar-refractivity contribution in [2.45, 2.75) is 70.0 Å². The predicted octanol–water partition coefficient (Wildman–Crippen LogP) is 2.71. The molecule has 0 radical (unpaired) electrons. The second-order valence-corrected chi connectivity index (χ2v) is 9.36. The van der Waals surface area contributed by atoms with Crippen LogP contribution in [0.25, 0.3) is 0 Å². The zero-order valence-corrected chi connectivity index (χ0v) is 18.5. The summed E-state index contributed by atoms with van der Waals surface area (Å²) in [6.45, 7) is 4.64. The average Bonchev–Trinajstić information content (AvgIpc) is 2.75. The molecule has 3 amide bonds.